The van der Waals surface area contributed by atoms with Gasteiger partial charge in [-0.05, 0) is 5.56 Å². The molecule has 0 aliphatic heterocycles. The molecule has 0 saturated heterocycles. The van der Waals surface area contributed by atoms with E-state index in [9.17, 15) is 4.79 Å². The molecule has 1 aromatic carbocycles. The van der Waals surface area contributed by atoms with Crippen LogP contribution in [0.1, 0.15) is 11.3 Å². The van der Waals surface area contributed by atoms with E-state index in [1.807, 2.05) is 30.3 Å². The molecule has 6 heteroatoms. The van der Waals surface area contributed by atoms with Crippen LogP contribution < -0.4 is 5.32 Å². The number of benzene rings is 1. The molecule has 0 spiro atoms. The summed E-state index contributed by atoms with van der Waals surface area (Å²) in [5.74, 6) is 0.351. The molecule has 0 radical (unpaired) electrons. The van der Waals surface area contributed by atoms with Crippen LogP contribution in [0.15, 0.2) is 36.4 Å². The summed E-state index contributed by atoms with van der Waals surface area (Å²) >= 11 is 0. The zero-order valence-corrected chi connectivity index (χ0v) is 10.5. The van der Waals surface area contributed by atoms with Gasteiger partial charge in [0.15, 0.2) is 5.82 Å². The second-order valence-electron chi connectivity index (χ2n) is 3.99. The second-order valence-corrected chi connectivity index (χ2v) is 3.99. The van der Waals surface area contributed by atoms with E-state index in [-0.39, 0.29) is 13.2 Å². The quantitative estimate of drug-likeness (QED) is 0.877. The summed E-state index contributed by atoms with van der Waals surface area (Å²) in [6.45, 7) is 0.0661. The SMILES string of the molecule is Cn1nc(NC(=O)OCc2ccccc2)cc1CO. The zero-order valence-electron chi connectivity index (χ0n) is 10.5. The van der Waals surface area contributed by atoms with Crippen LogP contribution in [0.4, 0.5) is 10.6 Å². The Balaban J connectivity index is 1.87. The van der Waals surface area contributed by atoms with Crippen LogP contribution in [0.5, 0.6) is 0 Å². The number of aliphatic hydroxyl groups excluding tert-OH is 1. The van der Waals surface area contributed by atoms with E-state index in [0.29, 0.717) is 11.5 Å². The summed E-state index contributed by atoms with van der Waals surface area (Å²) in [5.41, 5.74) is 1.52. The number of nitrogens with zero attached hydrogens (tertiary/aromatic N) is 2. The molecule has 2 N–H and O–H groups in total. The lowest BCUT2D eigenvalue weighted by molar-refractivity contribution is 0.155. The third-order valence-corrected chi connectivity index (χ3v) is 2.58. The summed E-state index contributed by atoms with van der Waals surface area (Å²) < 4.78 is 6.55. The minimum absolute atomic E-state index is 0.135. The lowest BCUT2D eigenvalue weighted by Gasteiger charge is -2.04. The summed E-state index contributed by atoms with van der Waals surface area (Å²) in [4.78, 5) is 11.5. The summed E-state index contributed by atoms with van der Waals surface area (Å²) in [5, 5.41) is 15.5. The number of aliphatic hydroxyl groups is 1. The van der Waals surface area contributed by atoms with Crippen LogP contribution in [-0.4, -0.2) is 21.0 Å². The van der Waals surface area contributed by atoms with Gasteiger partial charge in [-0.2, -0.15) is 5.10 Å². The van der Waals surface area contributed by atoms with Crippen molar-refractivity contribution in [1.82, 2.24) is 9.78 Å². The van der Waals surface area contributed by atoms with Crippen molar-refractivity contribution in [1.29, 1.82) is 0 Å². The van der Waals surface area contributed by atoms with Crippen molar-refractivity contribution in [3.8, 4) is 0 Å². The summed E-state index contributed by atoms with van der Waals surface area (Å²) in [6, 6.07) is 11.0. The number of nitrogens with one attached hydrogen (secondary N) is 1. The Morgan fingerprint density at radius 1 is 1.42 bits per heavy atom. The van der Waals surface area contributed by atoms with Crippen LogP contribution in [0.3, 0.4) is 0 Å². The van der Waals surface area contributed by atoms with Gasteiger partial charge in [-0.25, -0.2) is 4.79 Å². The highest BCUT2D eigenvalue weighted by molar-refractivity contribution is 5.83. The number of rotatable bonds is 4. The van der Waals surface area contributed by atoms with Gasteiger partial charge in [-0.3, -0.25) is 10.00 Å². The van der Waals surface area contributed by atoms with Gasteiger partial charge in [0.25, 0.3) is 0 Å². The molecule has 100 valence electrons. The fourth-order valence-electron chi connectivity index (χ4n) is 1.58. The van der Waals surface area contributed by atoms with Crippen molar-refractivity contribution >= 4 is 11.9 Å². The molecule has 6 nitrogen and oxygen atoms in total. The van der Waals surface area contributed by atoms with Crippen LogP contribution >= 0.6 is 0 Å². The molecule has 0 atom stereocenters. The number of aromatic nitrogens is 2. The van der Waals surface area contributed by atoms with Crippen molar-refractivity contribution in [2.45, 2.75) is 13.2 Å². The molecule has 0 fully saturated rings. The lowest BCUT2D eigenvalue weighted by Crippen LogP contribution is -2.14. The van der Waals surface area contributed by atoms with E-state index < -0.39 is 6.09 Å². The van der Waals surface area contributed by atoms with Crippen LogP contribution in [-0.2, 0) is 25.0 Å². The third kappa shape index (κ3) is 3.56. The van der Waals surface area contributed by atoms with Gasteiger partial charge in [0, 0.05) is 13.1 Å². The Labute approximate surface area is 110 Å². The molecule has 0 saturated carbocycles. The number of anilines is 1. The minimum Gasteiger partial charge on any atom is -0.444 e. The molecule has 0 aliphatic carbocycles. The first-order valence-electron chi connectivity index (χ1n) is 5.80. The van der Waals surface area contributed by atoms with Gasteiger partial charge in [0.2, 0.25) is 0 Å². The van der Waals surface area contributed by atoms with Crippen molar-refractivity contribution in [3.63, 3.8) is 0 Å². The predicted octanol–water partition coefficient (Wildman–Crippen LogP) is 1.66. The highest BCUT2D eigenvalue weighted by atomic mass is 16.5. The number of hydrogen-bond donors (Lipinski definition) is 2. The first-order chi connectivity index (χ1) is 9.19. The first-order valence-corrected chi connectivity index (χ1v) is 5.80. The van der Waals surface area contributed by atoms with Gasteiger partial charge in [0.05, 0.1) is 12.3 Å². The lowest BCUT2D eigenvalue weighted by atomic mass is 10.2. The number of ether oxygens (including phenoxy) is 1. The monoisotopic (exact) mass is 261 g/mol. The maximum atomic E-state index is 11.5. The summed E-state index contributed by atoms with van der Waals surface area (Å²) in [6.07, 6.45) is -0.577. The van der Waals surface area contributed by atoms with Gasteiger partial charge >= 0.3 is 6.09 Å². The van der Waals surface area contributed by atoms with Gasteiger partial charge < -0.3 is 9.84 Å². The maximum absolute atomic E-state index is 11.5. The average molecular weight is 261 g/mol. The third-order valence-electron chi connectivity index (χ3n) is 2.58. The second kappa shape index (κ2) is 6.01. The Hall–Kier alpha value is -2.34. The molecule has 0 aliphatic rings. The highest BCUT2D eigenvalue weighted by Gasteiger charge is 2.08. The topological polar surface area (TPSA) is 76.4 Å². The Bertz CT molecular complexity index is 552. The largest absolute Gasteiger partial charge is 0.444 e. The zero-order chi connectivity index (χ0) is 13.7. The van der Waals surface area contributed by atoms with Crippen LogP contribution in [0.2, 0.25) is 0 Å². The van der Waals surface area contributed by atoms with Crippen LogP contribution in [0.25, 0.3) is 0 Å². The Morgan fingerprint density at radius 3 is 2.79 bits per heavy atom. The Morgan fingerprint density at radius 2 is 2.16 bits per heavy atom. The van der Waals surface area contributed by atoms with E-state index in [4.69, 9.17) is 9.84 Å². The predicted molar refractivity (Wildman–Crippen MR) is 69.4 cm³/mol. The first kappa shape index (κ1) is 13.1. The van der Waals surface area contributed by atoms with Crippen molar-refractivity contribution in [2.75, 3.05) is 5.32 Å². The summed E-state index contributed by atoms with van der Waals surface area (Å²) in [7, 11) is 1.69. The molecule has 1 aromatic heterocycles. The molecular formula is C13H15N3O3. The standard InChI is InChI=1S/C13H15N3O3/c1-16-11(8-17)7-12(15-16)14-13(18)19-9-10-5-3-2-4-6-10/h2-7,17H,8-9H2,1H3,(H,14,15,18). The van der Waals surface area contributed by atoms with E-state index in [0.717, 1.165) is 5.56 Å². The number of carbonyl (C=O) groups is 1. The molecule has 2 aromatic rings. The molecule has 0 bridgehead atoms. The van der Waals surface area contributed by atoms with E-state index in [1.165, 1.54) is 4.68 Å². The molecular weight excluding hydrogens is 246 g/mol. The fourth-order valence-corrected chi connectivity index (χ4v) is 1.58. The van der Waals surface area contributed by atoms with E-state index >= 15 is 0 Å². The minimum atomic E-state index is -0.577. The van der Waals surface area contributed by atoms with Crippen molar-refractivity contribution < 1.29 is 14.6 Å². The average Bonchev–Trinajstić information content (AvgIpc) is 2.77. The maximum Gasteiger partial charge on any atom is 0.413 e. The number of aryl methyl sites for hydroxylation is 1. The van der Waals surface area contributed by atoms with Gasteiger partial charge in [0.1, 0.15) is 6.61 Å². The molecule has 19 heavy (non-hydrogen) atoms. The smallest absolute Gasteiger partial charge is 0.413 e. The molecule has 1 amide bonds. The van der Waals surface area contributed by atoms with Crippen molar-refractivity contribution in [3.05, 3.63) is 47.7 Å². The molecule has 1 heterocycles. The fraction of sp³-hybridized carbons (Fsp3) is 0.231. The van der Waals surface area contributed by atoms with Gasteiger partial charge in [-0.15, -0.1) is 0 Å². The van der Waals surface area contributed by atoms with Gasteiger partial charge in [-0.1, -0.05) is 30.3 Å². The molecule has 2 rings (SSSR count). The van der Waals surface area contributed by atoms with E-state index in [1.54, 1.807) is 13.1 Å². The normalized spacial score (nSPS) is 10.2. The van der Waals surface area contributed by atoms with E-state index in [2.05, 4.69) is 10.4 Å². The number of amides is 1. The molecule has 0 unspecified atom stereocenters. The van der Waals surface area contributed by atoms with Crippen molar-refractivity contribution in [2.24, 2.45) is 7.05 Å². The number of carbonyl (C=O) groups excluding carboxylic acids is 1. The number of hydrogen-bond acceptors (Lipinski definition) is 4. The van der Waals surface area contributed by atoms with Crippen LogP contribution in [0, 0.1) is 0 Å². The Kier molecular flexibility index (Phi) is 4.15. The highest BCUT2D eigenvalue weighted by Crippen LogP contribution is 2.09.